The summed E-state index contributed by atoms with van der Waals surface area (Å²) in [6.07, 6.45) is 0.207. The van der Waals surface area contributed by atoms with E-state index in [4.69, 9.17) is 0 Å². The topological polar surface area (TPSA) is 54.5 Å². The fraction of sp³-hybridized carbons (Fsp3) is 0.312. The molecule has 0 spiro atoms. The van der Waals surface area contributed by atoms with Gasteiger partial charge in [0.15, 0.2) is 9.84 Å². The maximum atomic E-state index is 14.0. The summed E-state index contributed by atoms with van der Waals surface area (Å²) in [6, 6.07) is 7.67. The Morgan fingerprint density at radius 2 is 2.00 bits per heavy atom. The van der Waals surface area contributed by atoms with Crippen molar-refractivity contribution in [2.24, 2.45) is 0 Å². The van der Waals surface area contributed by atoms with E-state index in [0.717, 1.165) is 0 Å². The van der Waals surface area contributed by atoms with Gasteiger partial charge in [-0.1, -0.05) is 18.2 Å². The van der Waals surface area contributed by atoms with Crippen molar-refractivity contribution in [1.29, 1.82) is 0 Å². The van der Waals surface area contributed by atoms with Gasteiger partial charge in [0.1, 0.15) is 5.82 Å². The molecule has 4 nitrogen and oxygen atoms in total. The molecule has 1 saturated heterocycles. The molecule has 0 saturated carbocycles. The van der Waals surface area contributed by atoms with E-state index in [1.807, 2.05) is 5.38 Å². The minimum Gasteiger partial charge on any atom is -0.338 e. The summed E-state index contributed by atoms with van der Waals surface area (Å²) in [5.74, 6) is -0.837. The first-order valence-corrected chi connectivity index (χ1v) is 9.92. The molecule has 1 aromatic carbocycles. The average Bonchev–Trinajstić information content (AvgIpc) is 3.00. The number of nitrogens with zero attached hydrogens (tertiary/aromatic N) is 1. The van der Waals surface area contributed by atoms with Gasteiger partial charge in [-0.25, -0.2) is 12.8 Å². The highest BCUT2D eigenvalue weighted by Gasteiger charge is 2.34. The molecule has 1 aliphatic rings. The summed E-state index contributed by atoms with van der Waals surface area (Å²) >= 11 is 1.42. The van der Waals surface area contributed by atoms with Crippen molar-refractivity contribution < 1.29 is 17.6 Å². The lowest BCUT2D eigenvalue weighted by Gasteiger charge is -2.19. The summed E-state index contributed by atoms with van der Waals surface area (Å²) in [7, 11) is -3.50. The van der Waals surface area contributed by atoms with Crippen molar-refractivity contribution in [1.82, 2.24) is 4.90 Å². The van der Waals surface area contributed by atoms with Crippen molar-refractivity contribution in [3.63, 3.8) is 0 Å². The number of thiophene rings is 1. The van der Waals surface area contributed by atoms with Crippen molar-refractivity contribution in [2.45, 2.75) is 11.7 Å². The van der Waals surface area contributed by atoms with E-state index in [1.54, 1.807) is 22.4 Å². The Morgan fingerprint density at radius 3 is 2.70 bits per heavy atom. The molecule has 2 heterocycles. The standard InChI is InChI=1S/C16H16FNO3S2/c17-14-4-2-1-3-13(14)15-5-7-18(8-10-23(15,20)21)16(19)12-6-9-22-11-12/h1-4,6,9,11,15H,5,7-8,10H2. The predicted octanol–water partition coefficient (Wildman–Crippen LogP) is 2.89. The summed E-state index contributed by atoms with van der Waals surface area (Å²) < 4.78 is 39.0. The molecule has 2 aromatic rings. The first-order chi connectivity index (χ1) is 11.0. The van der Waals surface area contributed by atoms with E-state index in [2.05, 4.69) is 0 Å². The van der Waals surface area contributed by atoms with E-state index < -0.39 is 20.9 Å². The van der Waals surface area contributed by atoms with E-state index in [9.17, 15) is 17.6 Å². The Labute approximate surface area is 138 Å². The fourth-order valence-electron chi connectivity index (χ4n) is 2.80. The van der Waals surface area contributed by atoms with Crippen LogP contribution in [0.1, 0.15) is 27.6 Å². The number of sulfone groups is 1. The van der Waals surface area contributed by atoms with Crippen molar-refractivity contribution in [3.05, 3.63) is 58.0 Å². The molecule has 1 atom stereocenters. The number of halogens is 1. The van der Waals surface area contributed by atoms with Gasteiger partial charge in [-0.2, -0.15) is 11.3 Å². The van der Waals surface area contributed by atoms with Gasteiger partial charge in [-0.15, -0.1) is 0 Å². The molecule has 0 bridgehead atoms. The van der Waals surface area contributed by atoms with Crippen LogP contribution in [0.15, 0.2) is 41.1 Å². The third-order valence-electron chi connectivity index (χ3n) is 4.05. The lowest BCUT2D eigenvalue weighted by atomic mass is 10.1. The second-order valence-electron chi connectivity index (χ2n) is 5.47. The predicted molar refractivity (Wildman–Crippen MR) is 87.8 cm³/mol. The number of carbonyl (C=O) groups is 1. The summed E-state index contributed by atoms with van der Waals surface area (Å²) in [5.41, 5.74) is 0.758. The first kappa shape index (κ1) is 16.1. The van der Waals surface area contributed by atoms with Crippen LogP contribution in [0, 0.1) is 5.82 Å². The number of benzene rings is 1. The summed E-state index contributed by atoms with van der Waals surface area (Å²) in [6.45, 7) is 0.439. The molecular formula is C16H16FNO3S2. The van der Waals surface area contributed by atoms with Gasteiger partial charge in [0.2, 0.25) is 0 Å². The van der Waals surface area contributed by atoms with Crippen LogP contribution in [0.5, 0.6) is 0 Å². The Morgan fingerprint density at radius 1 is 1.22 bits per heavy atom. The zero-order chi connectivity index (χ0) is 16.4. The van der Waals surface area contributed by atoms with E-state index in [0.29, 0.717) is 12.1 Å². The van der Waals surface area contributed by atoms with Crippen molar-refractivity contribution in [3.8, 4) is 0 Å². The van der Waals surface area contributed by atoms with Crippen molar-refractivity contribution >= 4 is 27.1 Å². The number of carbonyl (C=O) groups excluding carboxylic acids is 1. The average molecular weight is 353 g/mol. The van der Waals surface area contributed by atoms with Crippen LogP contribution in [-0.2, 0) is 9.84 Å². The zero-order valence-electron chi connectivity index (χ0n) is 12.3. The highest BCUT2D eigenvalue weighted by Crippen LogP contribution is 2.31. The maximum absolute atomic E-state index is 14.0. The number of hydrogen-bond acceptors (Lipinski definition) is 4. The molecule has 7 heteroatoms. The Balaban J connectivity index is 1.86. The van der Waals surface area contributed by atoms with E-state index >= 15 is 0 Å². The molecule has 1 fully saturated rings. The lowest BCUT2D eigenvalue weighted by Crippen LogP contribution is -2.33. The highest BCUT2D eigenvalue weighted by atomic mass is 32.2. The summed E-state index contributed by atoms with van der Waals surface area (Å²) in [4.78, 5) is 13.9. The van der Waals surface area contributed by atoms with Gasteiger partial charge in [0.05, 0.1) is 16.6 Å². The molecule has 0 N–H and O–H groups in total. The number of rotatable bonds is 2. The van der Waals surface area contributed by atoms with E-state index in [1.165, 1.54) is 29.5 Å². The van der Waals surface area contributed by atoms with Crippen LogP contribution < -0.4 is 0 Å². The van der Waals surface area contributed by atoms with Gasteiger partial charge >= 0.3 is 0 Å². The van der Waals surface area contributed by atoms with Gasteiger partial charge in [0, 0.05) is 24.0 Å². The maximum Gasteiger partial charge on any atom is 0.254 e. The van der Waals surface area contributed by atoms with Crippen LogP contribution in [0.4, 0.5) is 4.39 Å². The normalized spacial score (nSPS) is 20.9. The minimum atomic E-state index is -3.50. The number of amides is 1. The minimum absolute atomic E-state index is 0.141. The Bertz CT molecular complexity index is 802. The molecule has 1 amide bonds. The molecule has 122 valence electrons. The smallest absolute Gasteiger partial charge is 0.254 e. The molecule has 1 aromatic heterocycles. The molecule has 1 unspecified atom stereocenters. The third-order valence-corrected chi connectivity index (χ3v) is 6.84. The van der Waals surface area contributed by atoms with Crippen LogP contribution >= 0.6 is 11.3 Å². The summed E-state index contributed by atoms with van der Waals surface area (Å²) in [5, 5.41) is 2.66. The lowest BCUT2D eigenvalue weighted by molar-refractivity contribution is 0.0767. The fourth-order valence-corrected chi connectivity index (χ4v) is 5.23. The SMILES string of the molecule is O=C(c1ccsc1)N1CCC(c2ccccc2F)S(=O)(=O)CC1. The number of hydrogen-bond donors (Lipinski definition) is 0. The third kappa shape index (κ3) is 3.30. The molecule has 0 aliphatic carbocycles. The van der Waals surface area contributed by atoms with Crippen LogP contribution in [-0.4, -0.2) is 38.1 Å². The van der Waals surface area contributed by atoms with Gasteiger partial charge in [-0.3, -0.25) is 4.79 Å². The van der Waals surface area contributed by atoms with Crippen LogP contribution in [0.2, 0.25) is 0 Å². The first-order valence-electron chi connectivity index (χ1n) is 7.26. The van der Waals surface area contributed by atoms with Gasteiger partial charge in [-0.05, 0) is 23.9 Å². The van der Waals surface area contributed by atoms with Crippen molar-refractivity contribution in [2.75, 3.05) is 18.8 Å². The molecule has 23 heavy (non-hydrogen) atoms. The quantitative estimate of drug-likeness (QED) is 0.834. The van der Waals surface area contributed by atoms with Crippen LogP contribution in [0.3, 0.4) is 0 Å². The Kier molecular flexibility index (Phi) is 4.50. The second-order valence-corrected chi connectivity index (χ2v) is 8.55. The van der Waals surface area contributed by atoms with Gasteiger partial charge in [0.25, 0.3) is 5.91 Å². The molecule has 1 aliphatic heterocycles. The molecule has 0 radical (unpaired) electrons. The zero-order valence-corrected chi connectivity index (χ0v) is 13.9. The second kappa shape index (κ2) is 6.41. The van der Waals surface area contributed by atoms with E-state index in [-0.39, 0.29) is 30.2 Å². The van der Waals surface area contributed by atoms with Crippen LogP contribution in [0.25, 0.3) is 0 Å². The monoisotopic (exact) mass is 353 g/mol. The van der Waals surface area contributed by atoms with Gasteiger partial charge < -0.3 is 4.90 Å². The molecular weight excluding hydrogens is 337 g/mol. The highest BCUT2D eigenvalue weighted by molar-refractivity contribution is 7.91. The Hall–Kier alpha value is -1.73. The molecule has 3 rings (SSSR count). The largest absolute Gasteiger partial charge is 0.338 e.